The molecule has 1 aliphatic carbocycles. The smallest absolute Gasteiger partial charge is 0.242 e. The zero-order chi connectivity index (χ0) is 14.8. The number of rotatable bonds is 3. The molecule has 0 radical (unpaired) electrons. The van der Waals surface area contributed by atoms with E-state index in [1.165, 1.54) is 37.2 Å². The van der Waals surface area contributed by atoms with Crippen molar-refractivity contribution in [2.75, 3.05) is 31.1 Å². The summed E-state index contributed by atoms with van der Waals surface area (Å²) in [6.45, 7) is 2.67. The molecule has 2 fully saturated rings. The van der Waals surface area contributed by atoms with E-state index in [-0.39, 0.29) is 11.1 Å². The molecular weight excluding hydrogens is 308 g/mol. The van der Waals surface area contributed by atoms with Gasteiger partial charge in [0, 0.05) is 19.6 Å². The van der Waals surface area contributed by atoms with Crippen molar-refractivity contribution in [3.8, 4) is 6.07 Å². The second-order valence-corrected chi connectivity index (χ2v) is 6.79. The zero-order valence-electron chi connectivity index (χ0n) is 11.7. The van der Waals surface area contributed by atoms with Crippen molar-refractivity contribution in [1.82, 2.24) is 9.27 Å². The summed E-state index contributed by atoms with van der Waals surface area (Å²) >= 11 is 7.09. The monoisotopic (exact) mass is 324 g/mol. The van der Waals surface area contributed by atoms with Gasteiger partial charge in [-0.3, -0.25) is 4.79 Å². The lowest BCUT2D eigenvalue weighted by Gasteiger charge is -2.36. The third kappa shape index (κ3) is 2.99. The van der Waals surface area contributed by atoms with E-state index in [0.717, 1.165) is 24.6 Å². The van der Waals surface area contributed by atoms with Gasteiger partial charge in [-0.05, 0) is 30.3 Å². The summed E-state index contributed by atoms with van der Waals surface area (Å²) < 4.78 is 4.01. The molecule has 21 heavy (non-hydrogen) atoms. The molecule has 0 aromatic carbocycles. The number of halogens is 1. The summed E-state index contributed by atoms with van der Waals surface area (Å²) in [5.41, 5.74) is 0.388. The lowest BCUT2D eigenvalue weighted by atomic mass is 10.1. The third-order valence-corrected chi connectivity index (χ3v) is 5.59. The Kier molecular flexibility index (Phi) is 4.32. The van der Waals surface area contributed by atoms with Gasteiger partial charge < -0.3 is 9.80 Å². The van der Waals surface area contributed by atoms with Crippen LogP contribution in [0, 0.1) is 17.2 Å². The lowest BCUT2D eigenvalue weighted by Crippen LogP contribution is -2.51. The van der Waals surface area contributed by atoms with Gasteiger partial charge in [-0.2, -0.15) is 9.64 Å². The van der Waals surface area contributed by atoms with Crippen LogP contribution in [0.15, 0.2) is 0 Å². The average Bonchev–Trinajstić information content (AvgIpc) is 3.10. The zero-order valence-corrected chi connectivity index (χ0v) is 13.3. The predicted octanol–water partition coefficient (Wildman–Crippen LogP) is 2.51. The second-order valence-electron chi connectivity index (χ2n) is 5.68. The minimum atomic E-state index is 0.140. The van der Waals surface area contributed by atoms with Crippen LogP contribution in [0.3, 0.4) is 0 Å². The summed E-state index contributed by atoms with van der Waals surface area (Å²) in [4.78, 5) is 16.2. The number of hydrogen-bond acceptors (Lipinski definition) is 5. The minimum absolute atomic E-state index is 0.140. The summed E-state index contributed by atoms with van der Waals surface area (Å²) in [6.07, 6.45) is 5.08. The fraction of sp³-hybridized carbons (Fsp3) is 0.643. The number of aromatic nitrogens is 1. The predicted molar refractivity (Wildman–Crippen MR) is 82.6 cm³/mol. The molecule has 2 heterocycles. The first-order valence-electron chi connectivity index (χ1n) is 7.27. The van der Waals surface area contributed by atoms with E-state index in [2.05, 4.69) is 10.4 Å². The van der Waals surface area contributed by atoms with Gasteiger partial charge in [0.25, 0.3) is 0 Å². The number of nitriles is 1. The first-order valence-corrected chi connectivity index (χ1v) is 8.42. The van der Waals surface area contributed by atoms with Gasteiger partial charge >= 0.3 is 0 Å². The molecule has 0 N–H and O–H groups in total. The molecule has 5 nitrogen and oxygen atoms in total. The molecule has 2 aliphatic rings. The standard InChI is InChI=1S/C14H17ClN4OS/c15-13-11(7-16)14(21-17-13)19-6-5-18(12(20)9-19)8-10-3-1-2-4-10/h10H,1-6,8-9H2. The normalized spacial score (nSPS) is 20.1. The van der Waals surface area contributed by atoms with E-state index in [9.17, 15) is 4.79 Å². The number of carbonyl (C=O) groups excluding carboxylic acids is 1. The van der Waals surface area contributed by atoms with Crippen molar-refractivity contribution in [2.24, 2.45) is 5.92 Å². The van der Waals surface area contributed by atoms with E-state index in [1.807, 2.05) is 9.80 Å². The molecule has 0 unspecified atom stereocenters. The number of carbonyl (C=O) groups is 1. The summed E-state index contributed by atoms with van der Waals surface area (Å²) in [5, 5.41) is 10.1. The van der Waals surface area contributed by atoms with Crippen molar-refractivity contribution < 1.29 is 4.79 Å². The number of amides is 1. The average molecular weight is 325 g/mol. The van der Waals surface area contributed by atoms with Crippen LogP contribution in [0.5, 0.6) is 0 Å². The van der Waals surface area contributed by atoms with Crippen molar-refractivity contribution in [1.29, 1.82) is 5.26 Å². The van der Waals surface area contributed by atoms with Crippen LogP contribution in [-0.4, -0.2) is 41.4 Å². The van der Waals surface area contributed by atoms with Crippen molar-refractivity contribution in [3.63, 3.8) is 0 Å². The van der Waals surface area contributed by atoms with Crippen LogP contribution in [0.1, 0.15) is 31.2 Å². The molecule has 3 rings (SSSR count). The Morgan fingerprint density at radius 3 is 2.81 bits per heavy atom. The van der Waals surface area contributed by atoms with Crippen molar-refractivity contribution in [2.45, 2.75) is 25.7 Å². The van der Waals surface area contributed by atoms with E-state index in [1.54, 1.807) is 0 Å². The Balaban J connectivity index is 1.65. The Morgan fingerprint density at radius 1 is 1.38 bits per heavy atom. The van der Waals surface area contributed by atoms with E-state index in [0.29, 0.717) is 18.0 Å². The van der Waals surface area contributed by atoms with Gasteiger partial charge in [0.15, 0.2) is 5.15 Å². The van der Waals surface area contributed by atoms with Crippen molar-refractivity contribution >= 4 is 34.0 Å². The largest absolute Gasteiger partial charge is 0.350 e. The van der Waals surface area contributed by atoms with Crippen LogP contribution in [0.4, 0.5) is 5.00 Å². The molecule has 0 spiro atoms. The highest BCUT2D eigenvalue weighted by molar-refractivity contribution is 7.10. The SMILES string of the molecule is N#Cc1c(Cl)nsc1N1CCN(CC2CCCC2)C(=O)C1. The summed E-state index contributed by atoms with van der Waals surface area (Å²) in [5.74, 6) is 0.814. The Hall–Kier alpha value is -1.32. The highest BCUT2D eigenvalue weighted by Gasteiger charge is 2.29. The van der Waals surface area contributed by atoms with Gasteiger partial charge in [-0.1, -0.05) is 24.4 Å². The number of anilines is 1. The molecule has 1 amide bonds. The maximum atomic E-state index is 12.3. The van der Waals surface area contributed by atoms with Crippen molar-refractivity contribution in [3.05, 3.63) is 10.7 Å². The van der Waals surface area contributed by atoms with Crippen LogP contribution in [-0.2, 0) is 4.79 Å². The highest BCUT2D eigenvalue weighted by atomic mass is 35.5. The van der Waals surface area contributed by atoms with E-state index < -0.39 is 0 Å². The molecule has 1 aliphatic heterocycles. The first kappa shape index (κ1) is 14.6. The van der Waals surface area contributed by atoms with Gasteiger partial charge in [0.2, 0.25) is 5.91 Å². The van der Waals surface area contributed by atoms with Crippen LogP contribution < -0.4 is 4.90 Å². The number of hydrogen-bond donors (Lipinski definition) is 0. The van der Waals surface area contributed by atoms with Gasteiger partial charge in [0.05, 0.1) is 6.54 Å². The minimum Gasteiger partial charge on any atom is -0.350 e. The fourth-order valence-corrected chi connectivity index (χ4v) is 4.21. The second kappa shape index (κ2) is 6.20. The third-order valence-electron chi connectivity index (χ3n) is 4.30. The molecule has 112 valence electrons. The lowest BCUT2D eigenvalue weighted by molar-refractivity contribution is -0.131. The summed E-state index contributed by atoms with van der Waals surface area (Å²) in [7, 11) is 0. The number of piperazine rings is 1. The molecule has 0 bridgehead atoms. The topological polar surface area (TPSA) is 60.2 Å². The quantitative estimate of drug-likeness (QED) is 0.857. The van der Waals surface area contributed by atoms with E-state index in [4.69, 9.17) is 16.9 Å². The molecule has 1 aromatic rings. The Morgan fingerprint density at radius 2 is 2.14 bits per heavy atom. The van der Waals surface area contributed by atoms with Crippen LogP contribution >= 0.6 is 23.1 Å². The molecule has 1 saturated carbocycles. The molecule has 1 aromatic heterocycles. The van der Waals surface area contributed by atoms with E-state index >= 15 is 0 Å². The molecule has 1 saturated heterocycles. The van der Waals surface area contributed by atoms with Crippen LogP contribution in [0.2, 0.25) is 5.15 Å². The van der Waals surface area contributed by atoms with Gasteiger partial charge in [-0.25, -0.2) is 0 Å². The summed E-state index contributed by atoms with van der Waals surface area (Å²) in [6, 6.07) is 2.08. The molecule has 7 heteroatoms. The number of nitrogens with zero attached hydrogens (tertiary/aromatic N) is 4. The molecular formula is C14H17ClN4OS. The fourth-order valence-electron chi connectivity index (χ4n) is 3.15. The Bertz CT molecular complexity index is 576. The molecule has 0 atom stereocenters. The Labute approximate surface area is 133 Å². The van der Waals surface area contributed by atoms with Crippen LogP contribution in [0.25, 0.3) is 0 Å². The van der Waals surface area contributed by atoms with Gasteiger partial charge in [-0.15, -0.1) is 0 Å². The maximum Gasteiger partial charge on any atom is 0.242 e. The highest BCUT2D eigenvalue weighted by Crippen LogP contribution is 2.32. The van der Waals surface area contributed by atoms with Gasteiger partial charge in [0.1, 0.15) is 16.6 Å². The first-order chi connectivity index (χ1) is 10.2. The maximum absolute atomic E-state index is 12.3.